The summed E-state index contributed by atoms with van der Waals surface area (Å²) in [4.78, 5) is 38.2. The predicted molar refractivity (Wildman–Crippen MR) is 171 cm³/mol. The van der Waals surface area contributed by atoms with Gasteiger partial charge in [-0.05, 0) is 61.1 Å². The largest absolute Gasteiger partial charge is 0.494 e. The van der Waals surface area contributed by atoms with Gasteiger partial charge in [0.05, 0.1) is 12.0 Å². The number of rotatable bonds is 15. The molecule has 0 radical (unpaired) electrons. The molecule has 1 fully saturated rings. The van der Waals surface area contributed by atoms with Crippen LogP contribution in [0.1, 0.15) is 52.7 Å². The number of para-hydroxylation sites is 1. The molecule has 0 unspecified atom stereocenters. The maximum absolute atomic E-state index is 13.1. The summed E-state index contributed by atoms with van der Waals surface area (Å²) in [5.74, 6) is -0.376. The van der Waals surface area contributed by atoms with Gasteiger partial charge in [0.1, 0.15) is 11.8 Å². The van der Waals surface area contributed by atoms with Crippen molar-refractivity contribution < 1.29 is 24.2 Å². The Morgan fingerprint density at radius 1 is 0.795 bits per heavy atom. The molecule has 44 heavy (non-hydrogen) atoms. The summed E-state index contributed by atoms with van der Waals surface area (Å²) in [6.07, 6.45) is 4.62. The normalized spacial score (nSPS) is 14.1. The third kappa shape index (κ3) is 7.72. The average molecular weight is 591 g/mol. The fourth-order valence-electron chi connectivity index (χ4n) is 5.62. The molecule has 4 aromatic carbocycles. The molecule has 0 heterocycles. The van der Waals surface area contributed by atoms with Crippen LogP contribution < -0.4 is 15.4 Å². The van der Waals surface area contributed by atoms with Crippen LogP contribution in [-0.2, 0) is 22.4 Å². The number of anilines is 1. The van der Waals surface area contributed by atoms with E-state index in [0.717, 1.165) is 31.2 Å². The van der Waals surface area contributed by atoms with Gasteiger partial charge in [-0.3, -0.25) is 9.59 Å². The molecule has 1 saturated carbocycles. The summed E-state index contributed by atoms with van der Waals surface area (Å²) in [6, 6.07) is 32.5. The van der Waals surface area contributed by atoms with E-state index in [1.807, 2.05) is 48.5 Å². The minimum Gasteiger partial charge on any atom is -0.494 e. The van der Waals surface area contributed by atoms with Gasteiger partial charge in [0.25, 0.3) is 0 Å². The molecule has 0 bridgehead atoms. The van der Waals surface area contributed by atoms with Gasteiger partial charge in [-0.1, -0.05) is 91.3 Å². The van der Waals surface area contributed by atoms with Gasteiger partial charge >= 0.3 is 5.97 Å². The van der Waals surface area contributed by atoms with Gasteiger partial charge in [0.15, 0.2) is 5.78 Å². The zero-order chi connectivity index (χ0) is 30.8. The Balaban J connectivity index is 1.09. The zero-order valence-corrected chi connectivity index (χ0v) is 24.7. The Morgan fingerprint density at radius 2 is 1.45 bits per heavy atom. The Labute approximate surface area is 258 Å². The molecule has 7 heteroatoms. The second-order valence-electron chi connectivity index (χ2n) is 11.4. The Morgan fingerprint density at radius 3 is 2.11 bits per heavy atom. The van der Waals surface area contributed by atoms with E-state index in [9.17, 15) is 19.5 Å². The highest BCUT2D eigenvalue weighted by Gasteiger charge is 2.43. The number of ketones is 1. The van der Waals surface area contributed by atoms with Crippen molar-refractivity contribution in [2.45, 2.75) is 44.6 Å². The van der Waals surface area contributed by atoms with E-state index in [1.54, 1.807) is 48.5 Å². The highest BCUT2D eigenvalue weighted by Crippen LogP contribution is 2.44. The van der Waals surface area contributed by atoms with Crippen LogP contribution in [0, 0.1) is 5.41 Å². The molecule has 1 aliphatic carbocycles. The van der Waals surface area contributed by atoms with Crippen LogP contribution in [-0.4, -0.2) is 42.0 Å². The SMILES string of the molecule is O=C(c1ccccc1)c1ccccc1N[C@@H](Cc1ccc(OCCCNC(=O)C2(Cc3ccccc3)CCC2)cc1)C(=O)O. The lowest BCUT2D eigenvalue weighted by Gasteiger charge is -2.40. The molecule has 1 atom stereocenters. The molecular weight excluding hydrogens is 552 g/mol. The third-order valence-electron chi connectivity index (χ3n) is 8.25. The predicted octanol–water partition coefficient (Wildman–Crippen LogP) is 6.32. The molecule has 4 aromatic rings. The summed E-state index contributed by atoms with van der Waals surface area (Å²) in [5.41, 5.74) is 3.16. The van der Waals surface area contributed by atoms with E-state index < -0.39 is 12.0 Å². The number of aliphatic carboxylic acids is 1. The molecule has 0 aromatic heterocycles. The van der Waals surface area contributed by atoms with E-state index in [-0.39, 0.29) is 23.5 Å². The van der Waals surface area contributed by atoms with Crippen molar-refractivity contribution in [3.8, 4) is 5.75 Å². The van der Waals surface area contributed by atoms with Gasteiger partial charge in [0.2, 0.25) is 5.91 Å². The van der Waals surface area contributed by atoms with Crippen molar-refractivity contribution in [1.82, 2.24) is 5.32 Å². The van der Waals surface area contributed by atoms with Crippen LogP contribution in [0.5, 0.6) is 5.75 Å². The zero-order valence-electron chi connectivity index (χ0n) is 24.7. The monoisotopic (exact) mass is 590 g/mol. The second-order valence-corrected chi connectivity index (χ2v) is 11.4. The lowest BCUT2D eigenvalue weighted by molar-refractivity contribution is -0.138. The molecule has 0 saturated heterocycles. The van der Waals surface area contributed by atoms with Crippen molar-refractivity contribution in [2.24, 2.45) is 5.41 Å². The van der Waals surface area contributed by atoms with Crippen LogP contribution in [0.15, 0.2) is 109 Å². The van der Waals surface area contributed by atoms with Crippen LogP contribution >= 0.6 is 0 Å². The van der Waals surface area contributed by atoms with Gasteiger partial charge in [0, 0.05) is 29.8 Å². The fraction of sp³-hybridized carbons (Fsp3) is 0.270. The number of carbonyl (C=O) groups is 3. The summed E-state index contributed by atoms with van der Waals surface area (Å²) < 4.78 is 5.88. The maximum atomic E-state index is 13.1. The quantitative estimate of drug-likeness (QED) is 0.111. The van der Waals surface area contributed by atoms with Crippen molar-refractivity contribution in [2.75, 3.05) is 18.5 Å². The topological polar surface area (TPSA) is 105 Å². The summed E-state index contributed by atoms with van der Waals surface area (Å²) in [6.45, 7) is 1.00. The number of nitrogens with one attached hydrogen (secondary N) is 2. The Bertz CT molecular complexity index is 1550. The van der Waals surface area contributed by atoms with E-state index >= 15 is 0 Å². The first-order valence-corrected chi connectivity index (χ1v) is 15.2. The highest BCUT2D eigenvalue weighted by atomic mass is 16.5. The van der Waals surface area contributed by atoms with Gasteiger partial charge < -0.3 is 20.5 Å². The molecule has 1 aliphatic rings. The third-order valence-corrected chi connectivity index (χ3v) is 8.25. The molecule has 0 spiro atoms. The number of hydrogen-bond donors (Lipinski definition) is 3. The van der Waals surface area contributed by atoms with Crippen LogP contribution in [0.4, 0.5) is 5.69 Å². The number of ether oxygens (including phenoxy) is 1. The van der Waals surface area contributed by atoms with Gasteiger partial charge in [-0.25, -0.2) is 4.79 Å². The fourth-order valence-corrected chi connectivity index (χ4v) is 5.62. The summed E-state index contributed by atoms with van der Waals surface area (Å²) >= 11 is 0. The first-order valence-electron chi connectivity index (χ1n) is 15.2. The van der Waals surface area contributed by atoms with Gasteiger partial charge in [-0.15, -0.1) is 0 Å². The minimum atomic E-state index is -1.01. The second kappa shape index (κ2) is 14.5. The Hall–Kier alpha value is -4.91. The van der Waals surface area contributed by atoms with E-state index in [1.165, 1.54) is 5.56 Å². The molecular formula is C37H38N2O5. The highest BCUT2D eigenvalue weighted by molar-refractivity contribution is 6.12. The standard InChI is InChI=1S/C37H38N2O5/c40-34(29-13-5-2-6-14-29)31-15-7-8-16-32(31)39-33(35(41)42)25-27-17-19-30(20-18-27)44-24-10-23-38-36(43)37(21-9-22-37)26-28-11-3-1-4-12-28/h1-8,11-20,33,39H,9-10,21-26H2,(H,38,43)(H,41,42)/t33-/m0/s1. The number of benzene rings is 4. The lowest BCUT2D eigenvalue weighted by atomic mass is 9.64. The molecule has 7 nitrogen and oxygen atoms in total. The maximum Gasteiger partial charge on any atom is 0.326 e. The number of carbonyl (C=O) groups excluding carboxylic acids is 2. The smallest absolute Gasteiger partial charge is 0.326 e. The van der Waals surface area contributed by atoms with Crippen molar-refractivity contribution >= 4 is 23.3 Å². The number of carboxylic acids is 1. The molecule has 226 valence electrons. The van der Waals surface area contributed by atoms with Crippen molar-refractivity contribution in [3.63, 3.8) is 0 Å². The van der Waals surface area contributed by atoms with Crippen LogP contribution in [0.3, 0.4) is 0 Å². The average Bonchev–Trinajstić information content (AvgIpc) is 3.03. The number of hydrogen-bond acceptors (Lipinski definition) is 5. The first kappa shape index (κ1) is 30.5. The number of carboxylic acid groups (broad SMARTS) is 1. The Kier molecular flexibility index (Phi) is 10.1. The summed E-state index contributed by atoms with van der Waals surface area (Å²) in [5, 5.41) is 16.1. The molecule has 0 aliphatic heterocycles. The van der Waals surface area contributed by atoms with E-state index in [2.05, 4.69) is 22.8 Å². The molecule has 3 N–H and O–H groups in total. The molecule has 1 amide bonds. The minimum absolute atomic E-state index is 0.130. The van der Waals surface area contributed by atoms with Crippen molar-refractivity contribution in [3.05, 3.63) is 131 Å². The van der Waals surface area contributed by atoms with Crippen LogP contribution in [0.25, 0.3) is 0 Å². The van der Waals surface area contributed by atoms with E-state index in [0.29, 0.717) is 42.1 Å². The lowest BCUT2D eigenvalue weighted by Crippen LogP contribution is -2.47. The van der Waals surface area contributed by atoms with Crippen molar-refractivity contribution in [1.29, 1.82) is 0 Å². The first-order chi connectivity index (χ1) is 21.4. The summed E-state index contributed by atoms with van der Waals surface area (Å²) in [7, 11) is 0. The van der Waals surface area contributed by atoms with Crippen LogP contribution in [0.2, 0.25) is 0 Å². The number of amides is 1. The van der Waals surface area contributed by atoms with E-state index in [4.69, 9.17) is 4.74 Å². The molecule has 5 rings (SSSR count). The van der Waals surface area contributed by atoms with Gasteiger partial charge in [-0.2, -0.15) is 0 Å².